The molecule has 1 aliphatic heterocycles. The summed E-state index contributed by atoms with van der Waals surface area (Å²) in [5, 5.41) is 2.83. The van der Waals surface area contributed by atoms with Gasteiger partial charge in [0.05, 0.1) is 13.2 Å². The molecule has 0 bridgehead atoms. The van der Waals surface area contributed by atoms with Crippen LogP contribution in [0.3, 0.4) is 0 Å². The summed E-state index contributed by atoms with van der Waals surface area (Å²) in [7, 11) is -3.62. The SMILES string of the molecule is CCN(CC)Cc1ccc(CNC(=O)c2cc(S(=O)(=O)N3CCOCC3)c[nH]2)cc1. The maximum Gasteiger partial charge on any atom is 0.268 e. The molecule has 0 aliphatic carbocycles. The highest BCUT2D eigenvalue weighted by Crippen LogP contribution is 2.18. The fraction of sp³-hybridized carbons (Fsp3) is 0.476. The summed E-state index contributed by atoms with van der Waals surface area (Å²) in [6, 6.07) is 9.53. The van der Waals surface area contributed by atoms with E-state index in [1.165, 1.54) is 22.1 Å². The van der Waals surface area contributed by atoms with E-state index < -0.39 is 10.0 Å². The minimum atomic E-state index is -3.62. The first-order valence-corrected chi connectivity index (χ1v) is 11.7. The van der Waals surface area contributed by atoms with Gasteiger partial charge in [0.25, 0.3) is 5.91 Å². The van der Waals surface area contributed by atoms with Crippen LogP contribution in [0.2, 0.25) is 0 Å². The molecule has 2 heterocycles. The number of carbonyl (C=O) groups excluding carboxylic acids is 1. The zero-order valence-corrected chi connectivity index (χ0v) is 18.4. The van der Waals surface area contributed by atoms with Crippen LogP contribution >= 0.6 is 0 Å². The summed E-state index contributed by atoms with van der Waals surface area (Å²) in [5.74, 6) is -0.342. The van der Waals surface area contributed by atoms with Crippen molar-refractivity contribution in [3.63, 3.8) is 0 Å². The van der Waals surface area contributed by atoms with Gasteiger partial charge in [-0.3, -0.25) is 9.69 Å². The smallest absolute Gasteiger partial charge is 0.268 e. The molecule has 8 nitrogen and oxygen atoms in total. The summed E-state index contributed by atoms with van der Waals surface area (Å²) >= 11 is 0. The van der Waals surface area contributed by atoms with Crippen molar-refractivity contribution in [2.75, 3.05) is 39.4 Å². The maximum atomic E-state index is 12.7. The number of aromatic nitrogens is 1. The molecule has 164 valence electrons. The number of nitrogens with one attached hydrogen (secondary N) is 2. The van der Waals surface area contributed by atoms with Crippen molar-refractivity contribution in [1.82, 2.24) is 19.5 Å². The van der Waals surface area contributed by atoms with E-state index in [-0.39, 0.29) is 16.5 Å². The molecule has 2 aromatic rings. The van der Waals surface area contributed by atoms with E-state index in [0.717, 1.165) is 25.2 Å². The predicted molar refractivity (Wildman–Crippen MR) is 115 cm³/mol. The molecule has 2 N–H and O–H groups in total. The Morgan fingerprint density at radius 1 is 1.13 bits per heavy atom. The zero-order chi connectivity index (χ0) is 21.6. The van der Waals surface area contributed by atoms with E-state index in [1.807, 2.05) is 12.1 Å². The largest absolute Gasteiger partial charge is 0.379 e. The topological polar surface area (TPSA) is 94.7 Å². The highest BCUT2D eigenvalue weighted by atomic mass is 32.2. The molecule has 1 aliphatic rings. The lowest BCUT2D eigenvalue weighted by Crippen LogP contribution is -2.40. The molecule has 1 amide bonds. The van der Waals surface area contributed by atoms with Gasteiger partial charge in [0.15, 0.2) is 0 Å². The number of benzene rings is 1. The van der Waals surface area contributed by atoms with Gasteiger partial charge in [-0.1, -0.05) is 38.1 Å². The third kappa shape index (κ3) is 5.48. The number of aromatic amines is 1. The van der Waals surface area contributed by atoms with E-state index in [2.05, 4.69) is 41.2 Å². The Kier molecular flexibility index (Phi) is 7.65. The second-order valence-corrected chi connectivity index (χ2v) is 9.16. The molecule has 9 heteroatoms. The molecule has 3 rings (SSSR count). The fourth-order valence-electron chi connectivity index (χ4n) is 3.34. The molecule has 0 radical (unpaired) electrons. The molecule has 1 aromatic heterocycles. The van der Waals surface area contributed by atoms with E-state index in [9.17, 15) is 13.2 Å². The first-order valence-electron chi connectivity index (χ1n) is 10.3. The molecule has 0 saturated carbocycles. The van der Waals surface area contributed by atoms with Crippen molar-refractivity contribution in [2.24, 2.45) is 0 Å². The minimum Gasteiger partial charge on any atom is -0.379 e. The molecule has 0 atom stereocenters. The van der Waals surface area contributed by atoms with Crippen LogP contribution in [0.5, 0.6) is 0 Å². The Morgan fingerprint density at radius 3 is 2.40 bits per heavy atom. The third-order valence-corrected chi connectivity index (χ3v) is 7.16. The van der Waals surface area contributed by atoms with Crippen LogP contribution < -0.4 is 5.32 Å². The number of hydrogen-bond donors (Lipinski definition) is 2. The average molecular weight is 435 g/mol. The lowest BCUT2D eigenvalue weighted by Gasteiger charge is -2.25. The van der Waals surface area contributed by atoms with Crippen molar-refractivity contribution < 1.29 is 17.9 Å². The molecule has 0 spiro atoms. The van der Waals surface area contributed by atoms with E-state index in [1.54, 1.807) is 0 Å². The number of nitrogens with zero attached hydrogens (tertiary/aromatic N) is 2. The van der Waals surface area contributed by atoms with Gasteiger partial charge in [0, 0.05) is 32.4 Å². The lowest BCUT2D eigenvalue weighted by molar-refractivity contribution is 0.0730. The van der Waals surface area contributed by atoms with E-state index >= 15 is 0 Å². The van der Waals surface area contributed by atoms with Crippen molar-refractivity contribution in [2.45, 2.75) is 31.8 Å². The molecular weight excluding hydrogens is 404 g/mol. The van der Waals surface area contributed by atoms with Gasteiger partial charge in [-0.2, -0.15) is 4.31 Å². The number of hydrogen-bond acceptors (Lipinski definition) is 5. The number of amides is 1. The Labute approximate surface area is 178 Å². The van der Waals surface area contributed by atoms with E-state index in [0.29, 0.717) is 32.8 Å². The number of carbonyl (C=O) groups is 1. The van der Waals surface area contributed by atoms with Gasteiger partial charge in [0.1, 0.15) is 10.6 Å². The lowest BCUT2D eigenvalue weighted by atomic mass is 10.1. The third-order valence-electron chi connectivity index (χ3n) is 5.29. The quantitative estimate of drug-likeness (QED) is 0.628. The van der Waals surface area contributed by atoms with Gasteiger partial charge >= 0.3 is 0 Å². The van der Waals surface area contributed by atoms with Gasteiger partial charge < -0.3 is 15.0 Å². The van der Waals surface area contributed by atoms with Crippen molar-refractivity contribution >= 4 is 15.9 Å². The number of rotatable bonds is 9. The summed E-state index contributed by atoms with van der Waals surface area (Å²) in [6.45, 7) is 8.98. The molecular formula is C21H30N4O4S. The average Bonchev–Trinajstić information content (AvgIpc) is 3.28. The van der Waals surface area contributed by atoms with Crippen LogP contribution in [0.1, 0.15) is 35.5 Å². The van der Waals surface area contributed by atoms with Gasteiger partial charge in [0.2, 0.25) is 10.0 Å². The summed E-state index contributed by atoms with van der Waals surface area (Å²) in [5.41, 5.74) is 2.44. The monoisotopic (exact) mass is 434 g/mol. The summed E-state index contributed by atoms with van der Waals surface area (Å²) < 4.78 is 31.9. The molecule has 1 saturated heterocycles. The highest BCUT2D eigenvalue weighted by molar-refractivity contribution is 7.89. The van der Waals surface area contributed by atoms with Crippen LogP contribution in [0.15, 0.2) is 41.4 Å². The van der Waals surface area contributed by atoms with Crippen LogP contribution in [0, 0.1) is 0 Å². The second-order valence-electron chi connectivity index (χ2n) is 7.23. The Balaban J connectivity index is 1.57. The predicted octanol–water partition coefficient (Wildman–Crippen LogP) is 1.81. The zero-order valence-electron chi connectivity index (χ0n) is 17.6. The maximum absolute atomic E-state index is 12.7. The summed E-state index contributed by atoms with van der Waals surface area (Å²) in [4.78, 5) is 17.7. The van der Waals surface area contributed by atoms with Gasteiger partial charge in [-0.15, -0.1) is 0 Å². The standard InChI is InChI=1S/C21H30N4O4S/c1-3-24(4-2)16-18-7-5-17(6-8-18)14-23-21(26)20-13-19(15-22-20)30(27,28)25-9-11-29-12-10-25/h5-8,13,15,22H,3-4,9-12,14,16H2,1-2H3,(H,23,26). The first-order chi connectivity index (χ1) is 14.4. The van der Waals surface area contributed by atoms with Crippen molar-refractivity contribution in [3.8, 4) is 0 Å². The van der Waals surface area contributed by atoms with Crippen molar-refractivity contribution in [1.29, 1.82) is 0 Å². The molecule has 1 aromatic carbocycles. The van der Waals surface area contributed by atoms with Crippen molar-refractivity contribution in [3.05, 3.63) is 53.3 Å². The normalized spacial score (nSPS) is 15.4. The Morgan fingerprint density at radius 2 is 1.77 bits per heavy atom. The van der Waals surface area contributed by atoms with Crippen LogP contribution in [0.4, 0.5) is 0 Å². The minimum absolute atomic E-state index is 0.0929. The number of morpholine rings is 1. The second kappa shape index (κ2) is 10.2. The van der Waals surface area contributed by atoms with Gasteiger partial charge in [-0.05, 0) is 30.3 Å². The first kappa shape index (κ1) is 22.5. The molecule has 1 fully saturated rings. The molecule has 30 heavy (non-hydrogen) atoms. The number of ether oxygens (including phenoxy) is 1. The van der Waals surface area contributed by atoms with Crippen LogP contribution in [-0.4, -0.2) is 67.9 Å². The highest BCUT2D eigenvalue weighted by Gasteiger charge is 2.27. The van der Waals surface area contributed by atoms with E-state index in [4.69, 9.17) is 4.74 Å². The molecule has 0 unspecified atom stereocenters. The van der Waals surface area contributed by atoms with Gasteiger partial charge in [-0.25, -0.2) is 8.42 Å². The Hall–Kier alpha value is -2.20. The number of H-pyrrole nitrogens is 1. The Bertz CT molecular complexity index is 930. The summed E-state index contributed by atoms with van der Waals surface area (Å²) in [6.07, 6.45) is 1.36. The fourth-order valence-corrected chi connectivity index (χ4v) is 4.74. The van der Waals surface area contributed by atoms with Crippen LogP contribution in [0.25, 0.3) is 0 Å². The number of sulfonamides is 1. The van der Waals surface area contributed by atoms with Crippen LogP contribution in [-0.2, 0) is 27.8 Å².